The van der Waals surface area contributed by atoms with Gasteiger partial charge in [0, 0.05) is 19.3 Å². The number of aliphatic hydroxyl groups excluding tert-OH is 1. The molecule has 0 amide bonds. The average molecular weight is 869 g/mol. The highest BCUT2D eigenvalue weighted by molar-refractivity contribution is 7.47. The molecular formula is C48H85O11P. The summed E-state index contributed by atoms with van der Waals surface area (Å²) in [4.78, 5) is 48.0. The van der Waals surface area contributed by atoms with E-state index in [1.165, 1.54) is 44.9 Å². The van der Waals surface area contributed by atoms with Crippen molar-refractivity contribution in [2.45, 2.75) is 213 Å². The zero-order chi connectivity index (χ0) is 44.2. The van der Waals surface area contributed by atoms with Gasteiger partial charge in [-0.3, -0.25) is 23.4 Å². The molecule has 2 N–H and O–H groups in total. The van der Waals surface area contributed by atoms with Crippen molar-refractivity contribution in [3.8, 4) is 0 Å². The van der Waals surface area contributed by atoms with E-state index in [2.05, 4.69) is 69.4 Å². The molecule has 0 aliphatic carbocycles. The highest BCUT2D eigenvalue weighted by Gasteiger charge is 2.28. The molecule has 0 bridgehead atoms. The molecule has 0 rings (SSSR count). The van der Waals surface area contributed by atoms with Gasteiger partial charge < -0.3 is 24.2 Å². The first-order valence-electron chi connectivity index (χ1n) is 23.5. The van der Waals surface area contributed by atoms with Gasteiger partial charge in [-0.25, -0.2) is 4.57 Å². The lowest BCUT2D eigenvalue weighted by atomic mass is 10.1. The summed E-state index contributed by atoms with van der Waals surface area (Å²) in [5.41, 5.74) is 0. The molecule has 0 saturated heterocycles. The van der Waals surface area contributed by atoms with Crippen LogP contribution in [0.1, 0.15) is 201 Å². The standard InChI is InChI=1S/C48H85O11P/c1-4-7-10-13-16-19-21-22-24-27-30-33-36-39-48(52)59-45(41-55-46(50)37-34-31-28-26-23-20-17-14-11-8-5-2)43-57-60(53,54)56-42-44(40-49)58-47(51)38-35-32-29-25-18-15-12-9-6-3/h7,10,14,16-17,19,22,24,44-45,49H,4-6,8-9,11-13,15,18,20-21,23,25-43H2,1-3H3,(H,53,54)/b10-7-,17-14-,19-16-,24-22-. The monoisotopic (exact) mass is 869 g/mol. The number of esters is 3. The van der Waals surface area contributed by atoms with Crippen LogP contribution in [0.4, 0.5) is 0 Å². The van der Waals surface area contributed by atoms with Crippen LogP contribution in [-0.4, -0.2) is 66.5 Å². The van der Waals surface area contributed by atoms with Gasteiger partial charge in [0.1, 0.15) is 12.7 Å². The summed E-state index contributed by atoms with van der Waals surface area (Å²) in [6.07, 6.45) is 41.0. The Hall–Kier alpha value is -2.56. The largest absolute Gasteiger partial charge is 0.472 e. The smallest absolute Gasteiger partial charge is 0.462 e. The molecule has 3 unspecified atom stereocenters. The molecule has 0 heterocycles. The fourth-order valence-corrected chi connectivity index (χ4v) is 6.90. The number of allylic oxidation sites excluding steroid dienone is 8. The number of phosphoric acid groups is 1. The first-order valence-corrected chi connectivity index (χ1v) is 25.0. The summed E-state index contributed by atoms with van der Waals surface area (Å²) < 4.78 is 39.1. The van der Waals surface area contributed by atoms with Crippen molar-refractivity contribution in [3.63, 3.8) is 0 Å². The molecule has 0 radical (unpaired) electrons. The fourth-order valence-electron chi connectivity index (χ4n) is 6.11. The van der Waals surface area contributed by atoms with Crippen LogP contribution in [0.15, 0.2) is 48.6 Å². The van der Waals surface area contributed by atoms with E-state index in [0.717, 1.165) is 96.3 Å². The zero-order valence-electron chi connectivity index (χ0n) is 37.9. The molecule has 0 fully saturated rings. The lowest BCUT2D eigenvalue weighted by Gasteiger charge is -2.21. The number of unbranched alkanes of at least 4 members (excludes halogenated alkanes) is 18. The first kappa shape index (κ1) is 57.4. The molecule has 0 aromatic carbocycles. The van der Waals surface area contributed by atoms with E-state index in [1.54, 1.807) is 0 Å². The molecule has 0 aromatic heterocycles. The number of hydrogen-bond acceptors (Lipinski definition) is 10. The van der Waals surface area contributed by atoms with Crippen LogP contribution in [0.3, 0.4) is 0 Å². The number of rotatable bonds is 43. The second kappa shape index (κ2) is 43.1. The summed E-state index contributed by atoms with van der Waals surface area (Å²) in [6.45, 7) is 4.39. The van der Waals surface area contributed by atoms with Crippen LogP contribution in [0.5, 0.6) is 0 Å². The molecule has 348 valence electrons. The number of aliphatic hydroxyl groups is 1. The van der Waals surface area contributed by atoms with E-state index in [9.17, 15) is 28.9 Å². The Morgan fingerprint density at radius 1 is 0.483 bits per heavy atom. The second-order valence-electron chi connectivity index (χ2n) is 15.5. The van der Waals surface area contributed by atoms with Crippen molar-refractivity contribution in [3.05, 3.63) is 48.6 Å². The maximum atomic E-state index is 12.8. The third-order valence-corrected chi connectivity index (χ3v) is 10.7. The van der Waals surface area contributed by atoms with Gasteiger partial charge in [0.2, 0.25) is 0 Å². The molecular weight excluding hydrogens is 783 g/mol. The van der Waals surface area contributed by atoms with E-state index >= 15 is 0 Å². The molecule has 0 aromatic rings. The second-order valence-corrected chi connectivity index (χ2v) is 17.0. The molecule has 0 aliphatic heterocycles. The predicted octanol–water partition coefficient (Wildman–Crippen LogP) is 12.7. The minimum absolute atomic E-state index is 0.132. The number of ether oxygens (including phenoxy) is 3. The summed E-state index contributed by atoms with van der Waals surface area (Å²) in [6, 6.07) is 0. The highest BCUT2D eigenvalue weighted by Crippen LogP contribution is 2.43. The molecule has 12 heteroatoms. The summed E-state index contributed by atoms with van der Waals surface area (Å²) in [7, 11) is -4.74. The Labute approximate surface area is 364 Å². The Balaban J connectivity index is 4.82. The van der Waals surface area contributed by atoms with Crippen molar-refractivity contribution < 1.29 is 52.2 Å². The van der Waals surface area contributed by atoms with Gasteiger partial charge in [-0.2, -0.15) is 0 Å². The van der Waals surface area contributed by atoms with Crippen LogP contribution < -0.4 is 0 Å². The third kappa shape index (κ3) is 40.8. The van der Waals surface area contributed by atoms with E-state index in [4.69, 9.17) is 23.3 Å². The summed E-state index contributed by atoms with van der Waals surface area (Å²) in [5.74, 6) is -1.51. The van der Waals surface area contributed by atoms with E-state index < -0.39 is 57.8 Å². The topological polar surface area (TPSA) is 155 Å². The van der Waals surface area contributed by atoms with Crippen molar-refractivity contribution in [2.75, 3.05) is 26.4 Å². The predicted molar refractivity (Wildman–Crippen MR) is 242 cm³/mol. The normalized spacial score (nSPS) is 14.0. The third-order valence-electron chi connectivity index (χ3n) is 9.74. The van der Waals surface area contributed by atoms with Gasteiger partial charge >= 0.3 is 25.7 Å². The molecule has 0 spiro atoms. The highest BCUT2D eigenvalue weighted by atomic mass is 31.2. The number of phosphoric ester groups is 1. The molecule has 11 nitrogen and oxygen atoms in total. The lowest BCUT2D eigenvalue weighted by molar-refractivity contribution is -0.161. The van der Waals surface area contributed by atoms with Gasteiger partial charge in [-0.15, -0.1) is 0 Å². The van der Waals surface area contributed by atoms with Gasteiger partial charge in [0.25, 0.3) is 0 Å². The van der Waals surface area contributed by atoms with Crippen LogP contribution in [-0.2, 0) is 42.2 Å². The summed E-state index contributed by atoms with van der Waals surface area (Å²) in [5, 5.41) is 9.71. The quantitative estimate of drug-likeness (QED) is 0.0198. The minimum Gasteiger partial charge on any atom is -0.462 e. The molecule has 3 atom stereocenters. The van der Waals surface area contributed by atoms with Gasteiger partial charge in [0.15, 0.2) is 6.10 Å². The van der Waals surface area contributed by atoms with Gasteiger partial charge in [0.05, 0.1) is 19.8 Å². The Kier molecular flexibility index (Phi) is 41.3. The Morgan fingerprint density at radius 3 is 1.42 bits per heavy atom. The van der Waals surface area contributed by atoms with Crippen LogP contribution >= 0.6 is 7.82 Å². The maximum Gasteiger partial charge on any atom is 0.472 e. The van der Waals surface area contributed by atoms with E-state index in [0.29, 0.717) is 19.3 Å². The molecule has 60 heavy (non-hydrogen) atoms. The molecule has 0 saturated carbocycles. The number of carbonyl (C=O) groups excluding carboxylic acids is 3. The Bertz CT molecular complexity index is 1200. The van der Waals surface area contributed by atoms with Crippen LogP contribution in [0.2, 0.25) is 0 Å². The SMILES string of the molecule is CC/C=C\C/C=C\C/C=C\CCCCCC(=O)OC(COC(=O)CCCCCCC/C=C\CCCC)COP(=O)(O)OCC(CO)OC(=O)CCCCCCCCCCC. The van der Waals surface area contributed by atoms with Gasteiger partial charge in [-0.05, 0) is 70.6 Å². The fraction of sp³-hybridized carbons (Fsp3) is 0.771. The van der Waals surface area contributed by atoms with Crippen LogP contribution in [0.25, 0.3) is 0 Å². The van der Waals surface area contributed by atoms with Gasteiger partial charge in [-0.1, -0.05) is 159 Å². The van der Waals surface area contributed by atoms with Crippen molar-refractivity contribution in [2.24, 2.45) is 0 Å². The van der Waals surface area contributed by atoms with Crippen molar-refractivity contribution in [1.82, 2.24) is 0 Å². The minimum atomic E-state index is -4.74. The van der Waals surface area contributed by atoms with Crippen molar-refractivity contribution in [1.29, 1.82) is 0 Å². The lowest BCUT2D eigenvalue weighted by Crippen LogP contribution is -2.30. The Morgan fingerprint density at radius 2 is 0.883 bits per heavy atom. The maximum absolute atomic E-state index is 12.8. The van der Waals surface area contributed by atoms with E-state index in [1.807, 2.05) is 0 Å². The zero-order valence-corrected chi connectivity index (χ0v) is 38.8. The van der Waals surface area contributed by atoms with E-state index in [-0.39, 0.29) is 25.9 Å². The molecule has 0 aliphatic rings. The van der Waals surface area contributed by atoms with Crippen LogP contribution in [0, 0.1) is 0 Å². The van der Waals surface area contributed by atoms with Crippen molar-refractivity contribution >= 4 is 25.7 Å². The first-order chi connectivity index (χ1) is 29.2. The average Bonchev–Trinajstić information content (AvgIpc) is 3.23. The summed E-state index contributed by atoms with van der Waals surface area (Å²) >= 11 is 0. The number of hydrogen-bond donors (Lipinski definition) is 2. The number of carbonyl (C=O) groups is 3.